The van der Waals surface area contributed by atoms with Gasteiger partial charge in [0.1, 0.15) is 11.6 Å². The second-order valence-corrected chi connectivity index (χ2v) is 6.57. The molecule has 0 aliphatic rings. The normalized spacial score (nSPS) is 11.9. The van der Waals surface area contributed by atoms with E-state index in [0.717, 1.165) is 10.5 Å². The van der Waals surface area contributed by atoms with Crippen molar-refractivity contribution in [1.82, 2.24) is 0 Å². The molecule has 2 aromatic carbocycles. The summed E-state index contributed by atoms with van der Waals surface area (Å²) in [6.45, 7) is 0. The average molecular weight is 371 g/mol. The van der Waals surface area contributed by atoms with Gasteiger partial charge in [-0.1, -0.05) is 15.9 Å². The SMILES string of the molecule is Nc1ccc(S(=O)CC(=O)Nc2ccc(Br)cc2)c(F)c1. The highest BCUT2D eigenvalue weighted by Crippen LogP contribution is 2.17. The van der Waals surface area contributed by atoms with Gasteiger partial charge in [-0.2, -0.15) is 0 Å². The summed E-state index contributed by atoms with van der Waals surface area (Å²) in [6, 6.07) is 10.8. The predicted molar refractivity (Wildman–Crippen MR) is 84.9 cm³/mol. The summed E-state index contributed by atoms with van der Waals surface area (Å²) in [6.07, 6.45) is 0. The van der Waals surface area contributed by atoms with Crippen molar-refractivity contribution >= 4 is 44.0 Å². The van der Waals surface area contributed by atoms with Crippen LogP contribution in [0, 0.1) is 5.82 Å². The number of rotatable bonds is 4. The summed E-state index contributed by atoms with van der Waals surface area (Å²) >= 11 is 3.28. The number of anilines is 2. The molecule has 0 aliphatic heterocycles. The fourth-order valence-electron chi connectivity index (χ4n) is 1.63. The van der Waals surface area contributed by atoms with Gasteiger partial charge in [0.25, 0.3) is 0 Å². The van der Waals surface area contributed by atoms with Crippen LogP contribution in [-0.2, 0) is 15.6 Å². The fourth-order valence-corrected chi connectivity index (χ4v) is 2.86. The van der Waals surface area contributed by atoms with Crippen molar-refractivity contribution in [3.63, 3.8) is 0 Å². The molecule has 0 saturated carbocycles. The molecule has 1 amide bonds. The van der Waals surface area contributed by atoms with Crippen LogP contribution in [-0.4, -0.2) is 15.9 Å². The van der Waals surface area contributed by atoms with E-state index in [1.54, 1.807) is 24.3 Å². The Hall–Kier alpha value is -1.73. The van der Waals surface area contributed by atoms with Crippen LogP contribution in [0.1, 0.15) is 0 Å². The Morgan fingerprint density at radius 3 is 2.52 bits per heavy atom. The molecule has 21 heavy (non-hydrogen) atoms. The van der Waals surface area contributed by atoms with Crippen LogP contribution in [0.3, 0.4) is 0 Å². The van der Waals surface area contributed by atoms with Crippen LogP contribution in [0.15, 0.2) is 51.8 Å². The number of nitrogen functional groups attached to an aromatic ring is 1. The van der Waals surface area contributed by atoms with Gasteiger partial charge in [0.05, 0.1) is 15.7 Å². The molecular formula is C14H12BrFN2O2S. The third kappa shape index (κ3) is 4.37. The van der Waals surface area contributed by atoms with E-state index in [9.17, 15) is 13.4 Å². The molecule has 110 valence electrons. The first-order chi connectivity index (χ1) is 9.95. The van der Waals surface area contributed by atoms with Crippen LogP contribution in [0.4, 0.5) is 15.8 Å². The second kappa shape index (κ2) is 6.82. The second-order valence-electron chi connectivity index (χ2n) is 4.23. The van der Waals surface area contributed by atoms with E-state index in [1.807, 2.05) is 0 Å². The summed E-state index contributed by atoms with van der Waals surface area (Å²) < 4.78 is 26.5. The Morgan fingerprint density at radius 2 is 1.90 bits per heavy atom. The third-order valence-electron chi connectivity index (χ3n) is 2.59. The smallest absolute Gasteiger partial charge is 0.237 e. The van der Waals surface area contributed by atoms with E-state index in [0.29, 0.717) is 5.69 Å². The summed E-state index contributed by atoms with van der Waals surface area (Å²) in [5.74, 6) is -1.45. The first-order valence-corrected chi connectivity index (χ1v) is 8.06. The topological polar surface area (TPSA) is 72.2 Å². The quantitative estimate of drug-likeness (QED) is 0.812. The summed E-state index contributed by atoms with van der Waals surface area (Å²) in [5.41, 5.74) is 6.25. The van der Waals surface area contributed by atoms with Gasteiger partial charge in [-0.05, 0) is 42.5 Å². The highest BCUT2D eigenvalue weighted by Gasteiger charge is 2.14. The highest BCUT2D eigenvalue weighted by atomic mass is 79.9. The molecule has 0 fully saturated rings. The Bertz CT molecular complexity index is 692. The lowest BCUT2D eigenvalue weighted by atomic mass is 10.3. The molecule has 0 aliphatic carbocycles. The molecule has 0 saturated heterocycles. The zero-order chi connectivity index (χ0) is 15.4. The van der Waals surface area contributed by atoms with Crippen molar-refractivity contribution in [2.75, 3.05) is 16.8 Å². The van der Waals surface area contributed by atoms with Crippen molar-refractivity contribution < 1.29 is 13.4 Å². The zero-order valence-electron chi connectivity index (χ0n) is 10.8. The van der Waals surface area contributed by atoms with Gasteiger partial charge in [0.15, 0.2) is 0 Å². The van der Waals surface area contributed by atoms with Crippen LogP contribution < -0.4 is 11.1 Å². The van der Waals surface area contributed by atoms with Crippen LogP contribution >= 0.6 is 15.9 Å². The van der Waals surface area contributed by atoms with Crippen molar-refractivity contribution in [2.45, 2.75) is 4.90 Å². The van der Waals surface area contributed by atoms with Crippen LogP contribution in [0.5, 0.6) is 0 Å². The molecule has 0 heterocycles. The first kappa shape index (κ1) is 15.7. The monoisotopic (exact) mass is 370 g/mol. The summed E-state index contributed by atoms with van der Waals surface area (Å²) in [7, 11) is -1.76. The molecule has 0 radical (unpaired) electrons. The maximum atomic E-state index is 13.6. The number of carbonyl (C=O) groups is 1. The van der Waals surface area contributed by atoms with Gasteiger partial charge in [-0.25, -0.2) is 4.39 Å². The molecule has 4 nitrogen and oxygen atoms in total. The van der Waals surface area contributed by atoms with E-state index in [4.69, 9.17) is 5.73 Å². The minimum absolute atomic E-state index is 0.0323. The Labute approximate surface area is 132 Å². The number of halogens is 2. The van der Waals surface area contributed by atoms with Crippen molar-refractivity contribution in [3.05, 3.63) is 52.8 Å². The molecule has 2 rings (SSSR count). The molecule has 0 aromatic heterocycles. The largest absolute Gasteiger partial charge is 0.399 e. The standard InChI is InChI=1S/C14H12BrFN2O2S/c15-9-1-4-11(5-2-9)18-14(19)8-21(20)13-6-3-10(17)7-12(13)16/h1-7H,8,17H2,(H,18,19). The van der Waals surface area contributed by atoms with Gasteiger partial charge in [-0.3, -0.25) is 9.00 Å². The number of benzene rings is 2. The molecule has 7 heteroatoms. The summed E-state index contributed by atoms with van der Waals surface area (Å²) in [5, 5.41) is 2.60. The van der Waals surface area contributed by atoms with Gasteiger partial charge in [0.2, 0.25) is 5.91 Å². The minimum atomic E-state index is -1.76. The number of carbonyl (C=O) groups excluding carboxylic acids is 1. The fraction of sp³-hybridized carbons (Fsp3) is 0.0714. The maximum Gasteiger partial charge on any atom is 0.237 e. The summed E-state index contributed by atoms with van der Waals surface area (Å²) in [4.78, 5) is 11.8. The average Bonchev–Trinajstić information content (AvgIpc) is 2.41. The van der Waals surface area contributed by atoms with E-state index in [-0.39, 0.29) is 16.3 Å². The van der Waals surface area contributed by atoms with Gasteiger partial charge in [0, 0.05) is 15.8 Å². The highest BCUT2D eigenvalue weighted by molar-refractivity contribution is 9.10. The number of hydrogen-bond acceptors (Lipinski definition) is 3. The number of nitrogens with two attached hydrogens (primary N) is 1. The zero-order valence-corrected chi connectivity index (χ0v) is 13.2. The number of hydrogen-bond donors (Lipinski definition) is 2. The maximum absolute atomic E-state index is 13.6. The third-order valence-corrected chi connectivity index (χ3v) is 4.47. The predicted octanol–water partition coefficient (Wildman–Crippen LogP) is 2.92. The Morgan fingerprint density at radius 1 is 1.24 bits per heavy atom. The molecule has 0 bridgehead atoms. The molecular weight excluding hydrogens is 359 g/mol. The molecule has 0 spiro atoms. The molecule has 3 N–H and O–H groups in total. The van der Waals surface area contributed by atoms with E-state index in [1.165, 1.54) is 12.1 Å². The van der Waals surface area contributed by atoms with Gasteiger partial charge < -0.3 is 11.1 Å². The van der Waals surface area contributed by atoms with E-state index < -0.39 is 22.5 Å². The lowest BCUT2D eigenvalue weighted by Gasteiger charge is -2.06. The Balaban J connectivity index is 2.02. The number of nitrogens with one attached hydrogen (secondary N) is 1. The van der Waals surface area contributed by atoms with Crippen molar-refractivity contribution in [2.24, 2.45) is 0 Å². The Kier molecular flexibility index (Phi) is 5.08. The van der Waals surface area contributed by atoms with Crippen LogP contribution in [0.25, 0.3) is 0 Å². The lowest BCUT2D eigenvalue weighted by Crippen LogP contribution is -2.20. The molecule has 1 unspecified atom stereocenters. The molecule has 2 aromatic rings. The van der Waals surface area contributed by atoms with Crippen LogP contribution in [0.2, 0.25) is 0 Å². The minimum Gasteiger partial charge on any atom is -0.399 e. The molecule has 1 atom stereocenters. The van der Waals surface area contributed by atoms with Gasteiger partial charge in [-0.15, -0.1) is 0 Å². The van der Waals surface area contributed by atoms with E-state index in [2.05, 4.69) is 21.2 Å². The van der Waals surface area contributed by atoms with E-state index >= 15 is 0 Å². The van der Waals surface area contributed by atoms with Gasteiger partial charge >= 0.3 is 0 Å². The number of amides is 1. The van der Waals surface area contributed by atoms with Crippen molar-refractivity contribution in [1.29, 1.82) is 0 Å². The first-order valence-electron chi connectivity index (χ1n) is 5.94. The van der Waals surface area contributed by atoms with Crippen molar-refractivity contribution in [3.8, 4) is 0 Å². The lowest BCUT2D eigenvalue weighted by molar-refractivity contribution is -0.113.